The number of benzene rings is 3. The number of nitrogens with zero attached hydrogens (tertiary/aromatic N) is 2. The van der Waals surface area contributed by atoms with E-state index in [2.05, 4.69) is 41.3 Å². The average molecular weight is 465 g/mol. The van der Waals surface area contributed by atoms with E-state index in [1.807, 2.05) is 29.2 Å². The molecular formula is C28H33ClN2O2. The van der Waals surface area contributed by atoms with Gasteiger partial charge in [-0.25, -0.2) is 0 Å². The van der Waals surface area contributed by atoms with Gasteiger partial charge in [0.1, 0.15) is 5.75 Å². The summed E-state index contributed by atoms with van der Waals surface area (Å²) in [5, 5.41) is 2.19. The molecule has 33 heavy (non-hydrogen) atoms. The summed E-state index contributed by atoms with van der Waals surface area (Å²) in [4.78, 5) is 17.6. The van der Waals surface area contributed by atoms with Gasteiger partial charge in [-0.1, -0.05) is 42.8 Å². The standard InChI is InChI=1S/C28H32N2O2.ClH/c31-28(30-17-13-22-7-2-3-8-26(22)21-30)25-10-9-24-20-27(12-11-23(24)19-25)32-18-6-16-29-14-4-1-5-15-29;/h2-3,7-12,19-20H,1,4-6,13-18,21H2;1H. The van der Waals surface area contributed by atoms with Crippen LogP contribution >= 0.6 is 12.4 Å². The van der Waals surface area contributed by atoms with E-state index < -0.39 is 0 Å². The summed E-state index contributed by atoms with van der Waals surface area (Å²) in [5.41, 5.74) is 3.38. The molecule has 1 fully saturated rings. The number of amides is 1. The average Bonchev–Trinajstić information content (AvgIpc) is 2.86. The second-order valence-corrected chi connectivity index (χ2v) is 9.07. The summed E-state index contributed by atoms with van der Waals surface area (Å²) < 4.78 is 6.01. The maximum Gasteiger partial charge on any atom is 0.254 e. The van der Waals surface area contributed by atoms with Crippen molar-refractivity contribution in [1.82, 2.24) is 9.80 Å². The highest BCUT2D eigenvalue weighted by molar-refractivity contribution is 5.99. The number of hydrogen-bond donors (Lipinski definition) is 0. The van der Waals surface area contributed by atoms with Crippen molar-refractivity contribution in [3.05, 3.63) is 77.4 Å². The van der Waals surface area contributed by atoms with Crippen LogP contribution in [0, 0.1) is 0 Å². The van der Waals surface area contributed by atoms with Gasteiger partial charge in [0, 0.05) is 25.2 Å². The van der Waals surface area contributed by atoms with Crippen LogP contribution in [-0.4, -0.2) is 48.5 Å². The van der Waals surface area contributed by atoms with E-state index in [0.29, 0.717) is 6.54 Å². The molecule has 3 aromatic rings. The van der Waals surface area contributed by atoms with Crippen LogP contribution in [0.1, 0.15) is 47.2 Å². The minimum atomic E-state index is 0. The Morgan fingerprint density at radius 2 is 1.61 bits per heavy atom. The van der Waals surface area contributed by atoms with E-state index in [4.69, 9.17) is 4.74 Å². The highest BCUT2D eigenvalue weighted by Crippen LogP contribution is 2.25. The first-order chi connectivity index (χ1) is 15.8. The molecule has 174 valence electrons. The number of hydrogen-bond acceptors (Lipinski definition) is 3. The Morgan fingerprint density at radius 1 is 0.848 bits per heavy atom. The van der Waals surface area contributed by atoms with Gasteiger partial charge < -0.3 is 14.5 Å². The van der Waals surface area contributed by atoms with E-state index in [1.165, 1.54) is 43.5 Å². The van der Waals surface area contributed by atoms with Gasteiger partial charge in [0.15, 0.2) is 0 Å². The maximum atomic E-state index is 13.1. The van der Waals surface area contributed by atoms with E-state index in [9.17, 15) is 4.79 Å². The molecule has 5 heteroatoms. The lowest BCUT2D eigenvalue weighted by Crippen LogP contribution is -2.35. The van der Waals surface area contributed by atoms with Crippen LogP contribution in [-0.2, 0) is 13.0 Å². The molecule has 0 bridgehead atoms. The molecular weight excluding hydrogens is 432 g/mol. The fourth-order valence-electron chi connectivity index (χ4n) is 4.96. The summed E-state index contributed by atoms with van der Waals surface area (Å²) in [6, 6.07) is 20.6. The van der Waals surface area contributed by atoms with Crippen molar-refractivity contribution in [1.29, 1.82) is 0 Å². The number of carbonyl (C=O) groups is 1. The number of fused-ring (bicyclic) bond motifs is 2. The van der Waals surface area contributed by atoms with Crippen LogP contribution in [0.3, 0.4) is 0 Å². The molecule has 5 rings (SSSR count). The van der Waals surface area contributed by atoms with Crippen LogP contribution in [0.4, 0.5) is 0 Å². The molecule has 0 N–H and O–H groups in total. The number of carbonyl (C=O) groups excluding carboxylic acids is 1. The Bertz CT molecular complexity index is 1090. The second-order valence-electron chi connectivity index (χ2n) is 9.07. The fraction of sp³-hybridized carbons (Fsp3) is 0.393. The summed E-state index contributed by atoms with van der Waals surface area (Å²) in [5.74, 6) is 1.02. The molecule has 1 amide bonds. The summed E-state index contributed by atoms with van der Waals surface area (Å²) in [7, 11) is 0. The van der Waals surface area contributed by atoms with Crippen molar-refractivity contribution in [3.63, 3.8) is 0 Å². The third-order valence-electron chi connectivity index (χ3n) is 6.81. The van der Waals surface area contributed by atoms with Crippen molar-refractivity contribution < 1.29 is 9.53 Å². The lowest BCUT2D eigenvalue weighted by Gasteiger charge is -2.29. The molecule has 1 saturated heterocycles. The van der Waals surface area contributed by atoms with E-state index in [1.54, 1.807) is 0 Å². The van der Waals surface area contributed by atoms with E-state index in [-0.39, 0.29) is 18.3 Å². The highest BCUT2D eigenvalue weighted by Gasteiger charge is 2.21. The second kappa shape index (κ2) is 11.0. The predicted molar refractivity (Wildman–Crippen MR) is 136 cm³/mol. The first-order valence-corrected chi connectivity index (χ1v) is 12.0. The number of halogens is 1. The Morgan fingerprint density at radius 3 is 2.45 bits per heavy atom. The van der Waals surface area contributed by atoms with Crippen molar-refractivity contribution in [2.45, 2.75) is 38.6 Å². The zero-order valence-corrected chi connectivity index (χ0v) is 20.0. The third-order valence-corrected chi connectivity index (χ3v) is 6.81. The minimum Gasteiger partial charge on any atom is -0.494 e. The molecule has 0 saturated carbocycles. The van der Waals surface area contributed by atoms with Crippen molar-refractivity contribution in [2.75, 3.05) is 32.8 Å². The van der Waals surface area contributed by atoms with Crippen molar-refractivity contribution in [3.8, 4) is 5.75 Å². The van der Waals surface area contributed by atoms with Crippen molar-refractivity contribution >= 4 is 29.1 Å². The summed E-state index contributed by atoms with van der Waals surface area (Å²) in [6.45, 7) is 5.81. The molecule has 0 unspecified atom stereocenters. The van der Waals surface area contributed by atoms with Crippen LogP contribution in [0.15, 0.2) is 60.7 Å². The Kier molecular flexibility index (Phi) is 7.89. The van der Waals surface area contributed by atoms with Gasteiger partial charge in [0.05, 0.1) is 6.61 Å². The molecule has 0 aliphatic carbocycles. The number of piperidine rings is 1. The summed E-state index contributed by atoms with van der Waals surface area (Å²) >= 11 is 0. The molecule has 0 aromatic heterocycles. The topological polar surface area (TPSA) is 32.8 Å². The molecule has 2 aliphatic heterocycles. The van der Waals surface area contributed by atoms with Gasteiger partial charge >= 0.3 is 0 Å². The number of likely N-dealkylation sites (tertiary alicyclic amines) is 1. The first kappa shape index (κ1) is 23.6. The smallest absolute Gasteiger partial charge is 0.254 e. The lowest BCUT2D eigenvalue weighted by atomic mass is 9.99. The number of ether oxygens (including phenoxy) is 1. The van der Waals surface area contributed by atoms with Gasteiger partial charge in [-0.05, 0) is 84.9 Å². The SMILES string of the molecule is Cl.O=C(c1ccc2cc(OCCCN3CCCCC3)ccc2c1)N1CCc2ccccc2C1. The van der Waals surface area contributed by atoms with Crippen molar-refractivity contribution in [2.24, 2.45) is 0 Å². The minimum absolute atomic E-state index is 0. The molecule has 2 aliphatic rings. The highest BCUT2D eigenvalue weighted by atomic mass is 35.5. The Balaban J connectivity index is 0.00000259. The fourth-order valence-corrected chi connectivity index (χ4v) is 4.96. The molecule has 2 heterocycles. The Labute approximate surface area is 202 Å². The van der Waals surface area contributed by atoms with Crippen LogP contribution in [0.25, 0.3) is 10.8 Å². The summed E-state index contributed by atoms with van der Waals surface area (Å²) in [6.07, 6.45) is 6.03. The zero-order valence-electron chi connectivity index (χ0n) is 19.2. The molecule has 0 spiro atoms. The van der Waals surface area contributed by atoms with Gasteiger partial charge in [0.2, 0.25) is 0 Å². The zero-order chi connectivity index (χ0) is 21.8. The molecule has 0 atom stereocenters. The van der Waals surface area contributed by atoms with E-state index in [0.717, 1.165) is 54.6 Å². The molecule has 0 radical (unpaired) electrons. The third kappa shape index (κ3) is 5.69. The Hall–Kier alpha value is -2.56. The lowest BCUT2D eigenvalue weighted by molar-refractivity contribution is 0.0735. The molecule has 4 nitrogen and oxygen atoms in total. The first-order valence-electron chi connectivity index (χ1n) is 12.0. The van der Waals surface area contributed by atoms with Crippen LogP contribution in [0.5, 0.6) is 5.75 Å². The van der Waals surface area contributed by atoms with Gasteiger partial charge in [0.25, 0.3) is 5.91 Å². The molecule has 3 aromatic carbocycles. The van der Waals surface area contributed by atoms with Crippen LogP contribution < -0.4 is 4.74 Å². The van der Waals surface area contributed by atoms with E-state index >= 15 is 0 Å². The van der Waals surface area contributed by atoms with Crippen LogP contribution in [0.2, 0.25) is 0 Å². The predicted octanol–water partition coefficient (Wildman–Crippen LogP) is 5.71. The number of rotatable bonds is 6. The monoisotopic (exact) mass is 464 g/mol. The maximum absolute atomic E-state index is 13.1. The normalized spacial score (nSPS) is 16.2. The van der Waals surface area contributed by atoms with Gasteiger partial charge in [-0.3, -0.25) is 4.79 Å². The quantitative estimate of drug-likeness (QED) is 0.438. The van der Waals surface area contributed by atoms with Gasteiger partial charge in [-0.15, -0.1) is 12.4 Å². The largest absolute Gasteiger partial charge is 0.494 e. The van der Waals surface area contributed by atoms with Gasteiger partial charge in [-0.2, -0.15) is 0 Å².